The highest BCUT2D eigenvalue weighted by molar-refractivity contribution is 5.90. The molecule has 0 aliphatic carbocycles. The summed E-state index contributed by atoms with van der Waals surface area (Å²) in [5.41, 5.74) is 0. The number of ketones is 1. The number of Topliss-reactive ketones (excluding diaryl/α,β-unsaturated/α-hetero) is 1. The van der Waals surface area contributed by atoms with Gasteiger partial charge in [0.05, 0.1) is 7.11 Å². The van der Waals surface area contributed by atoms with E-state index in [4.69, 9.17) is 0 Å². The fraction of sp³-hybridized carbons (Fsp3) is 0.667. The fourth-order valence-corrected chi connectivity index (χ4v) is 1.42. The number of esters is 1. The molecule has 1 unspecified atom stereocenters. The molecule has 0 bridgehead atoms. The van der Waals surface area contributed by atoms with E-state index in [9.17, 15) is 14.4 Å². The first-order valence-corrected chi connectivity index (χ1v) is 4.39. The Labute approximate surface area is 82.0 Å². The Kier molecular flexibility index (Phi) is 3.22. The maximum absolute atomic E-state index is 11.3. The fourth-order valence-electron chi connectivity index (χ4n) is 1.42. The van der Waals surface area contributed by atoms with Crippen molar-refractivity contribution in [2.45, 2.75) is 13.3 Å². The van der Waals surface area contributed by atoms with Crippen molar-refractivity contribution in [1.82, 2.24) is 4.90 Å². The molecule has 5 nitrogen and oxygen atoms in total. The zero-order chi connectivity index (χ0) is 10.7. The summed E-state index contributed by atoms with van der Waals surface area (Å²) in [4.78, 5) is 34.6. The summed E-state index contributed by atoms with van der Waals surface area (Å²) in [5, 5.41) is 0. The Morgan fingerprint density at radius 1 is 1.57 bits per heavy atom. The van der Waals surface area contributed by atoms with Crippen molar-refractivity contribution in [2.75, 3.05) is 20.2 Å². The smallest absolute Gasteiger partial charge is 0.325 e. The van der Waals surface area contributed by atoms with Crippen LogP contribution in [0.15, 0.2) is 0 Å². The Morgan fingerprint density at radius 3 is 2.64 bits per heavy atom. The minimum Gasteiger partial charge on any atom is -0.468 e. The van der Waals surface area contributed by atoms with Gasteiger partial charge in [0.2, 0.25) is 5.91 Å². The molecule has 14 heavy (non-hydrogen) atoms. The van der Waals surface area contributed by atoms with Gasteiger partial charge in [-0.05, 0) is 6.92 Å². The highest BCUT2D eigenvalue weighted by atomic mass is 16.5. The maximum Gasteiger partial charge on any atom is 0.325 e. The average Bonchev–Trinajstić information content (AvgIpc) is 2.48. The molecule has 1 atom stereocenters. The molecule has 0 spiro atoms. The van der Waals surface area contributed by atoms with E-state index in [1.807, 2.05) is 0 Å². The van der Waals surface area contributed by atoms with Crippen LogP contribution in [0, 0.1) is 5.92 Å². The van der Waals surface area contributed by atoms with E-state index in [-0.39, 0.29) is 30.6 Å². The Hall–Kier alpha value is -1.39. The van der Waals surface area contributed by atoms with Gasteiger partial charge >= 0.3 is 5.97 Å². The molecule has 1 saturated heterocycles. The summed E-state index contributed by atoms with van der Waals surface area (Å²) in [6, 6.07) is 0. The molecule has 1 heterocycles. The molecule has 0 aromatic carbocycles. The van der Waals surface area contributed by atoms with Gasteiger partial charge < -0.3 is 9.64 Å². The number of carbonyl (C=O) groups excluding carboxylic acids is 3. The van der Waals surface area contributed by atoms with Crippen LogP contribution in [0.3, 0.4) is 0 Å². The summed E-state index contributed by atoms with van der Waals surface area (Å²) in [7, 11) is 1.27. The molecule has 5 heteroatoms. The van der Waals surface area contributed by atoms with E-state index in [2.05, 4.69) is 4.74 Å². The second-order valence-corrected chi connectivity index (χ2v) is 3.36. The monoisotopic (exact) mass is 199 g/mol. The predicted octanol–water partition coefficient (Wildman–Crippen LogP) is -0.403. The van der Waals surface area contributed by atoms with Crippen molar-refractivity contribution in [3.05, 3.63) is 0 Å². The predicted molar refractivity (Wildman–Crippen MR) is 47.4 cm³/mol. The molecule has 1 aliphatic rings. The van der Waals surface area contributed by atoms with Crippen LogP contribution < -0.4 is 0 Å². The third-order valence-corrected chi connectivity index (χ3v) is 2.34. The van der Waals surface area contributed by atoms with E-state index < -0.39 is 5.97 Å². The maximum atomic E-state index is 11.3. The largest absolute Gasteiger partial charge is 0.468 e. The normalized spacial score (nSPS) is 21.1. The molecule has 0 aromatic rings. The number of likely N-dealkylation sites (tertiary alicyclic amines) is 1. The van der Waals surface area contributed by atoms with Crippen molar-refractivity contribution in [2.24, 2.45) is 5.92 Å². The number of nitrogens with zero attached hydrogens (tertiary/aromatic N) is 1. The standard InChI is InChI=1S/C9H13NO4/c1-6(11)7-3-8(12)10(4-7)5-9(13)14-2/h7H,3-5H2,1-2H3. The summed E-state index contributed by atoms with van der Waals surface area (Å²) >= 11 is 0. The van der Waals surface area contributed by atoms with Crippen LogP contribution in [0.1, 0.15) is 13.3 Å². The number of hydrogen-bond donors (Lipinski definition) is 0. The minimum atomic E-state index is -0.456. The lowest BCUT2D eigenvalue weighted by Gasteiger charge is -2.13. The number of methoxy groups -OCH3 is 1. The molecule has 0 radical (unpaired) electrons. The number of carbonyl (C=O) groups is 3. The van der Waals surface area contributed by atoms with Crippen molar-refractivity contribution in [3.8, 4) is 0 Å². The van der Waals surface area contributed by atoms with E-state index in [1.165, 1.54) is 18.9 Å². The Morgan fingerprint density at radius 2 is 2.21 bits per heavy atom. The molecule has 78 valence electrons. The van der Waals surface area contributed by atoms with E-state index in [1.54, 1.807) is 0 Å². The molecular formula is C9H13NO4. The van der Waals surface area contributed by atoms with E-state index in [0.717, 1.165) is 0 Å². The van der Waals surface area contributed by atoms with Crippen LogP contribution in [-0.4, -0.2) is 42.8 Å². The van der Waals surface area contributed by atoms with Gasteiger partial charge in [0.1, 0.15) is 12.3 Å². The minimum absolute atomic E-state index is 0.00860. The molecule has 0 N–H and O–H groups in total. The lowest BCUT2D eigenvalue weighted by molar-refractivity contribution is -0.145. The van der Waals surface area contributed by atoms with Crippen LogP contribution in [0.4, 0.5) is 0 Å². The van der Waals surface area contributed by atoms with Crippen molar-refractivity contribution >= 4 is 17.7 Å². The van der Waals surface area contributed by atoms with Crippen LogP contribution in [0.25, 0.3) is 0 Å². The molecule has 0 aromatic heterocycles. The molecule has 1 fully saturated rings. The molecule has 1 rings (SSSR count). The van der Waals surface area contributed by atoms with Crippen molar-refractivity contribution in [3.63, 3.8) is 0 Å². The van der Waals surface area contributed by atoms with Crippen LogP contribution >= 0.6 is 0 Å². The van der Waals surface area contributed by atoms with Gasteiger partial charge in [0.25, 0.3) is 0 Å². The average molecular weight is 199 g/mol. The van der Waals surface area contributed by atoms with Crippen molar-refractivity contribution < 1.29 is 19.1 Å². The number of hydrogen-bond acceptors (Lipinski definition) is 4. The first kappa shape index (κ1) is 10.7. The molecular weight excluding hydrogens is 186 g/mol. The highest BCUT2D eigenvalue weighted by Gasteiger charge is 2.33. The number of rotatable bonds is 3. The summed E-state index contributed by atoms with van der Waals surface area (Å²) in [6.45, 7) is 1.74. The van der Waals surface area contributed by atoms with Gasteiger partial charge in [0, 0.05) is 18.9 Å². The summed E-state index contributed by atoms with van der Waals surface area (Å²) in [6.07, 6.45) is 0.215. The zero-order valence-electron chi connectivity index (χ0n) is 8.28. The van der Waals surface area contributed by atoms with Crippen LogP contribution in [0.5, 0.6) is 0 Å². The molecule has 0 saturated carbocycles. The second-order valence-electron chi connectivity index (χ2n) is 3.36. The van der Waals surface area contributed by atoms with Gasteiger partial charge in [-0.25, -0.2) is 0 Å². The van der Waals surface area contributed by atoms with Gasteiger partial charge in [-0.1, -0.05) is 0 Å². The second kappa shape index (κ2) is 4.21. The molecule has 1 aliphatic heterocycles. The zero-order valence-corrected chi connectivity index (χ0v) is 8.28. The van der Waals surface area contributed by atoms with E-state index in [0.29, 0.717) is 6.54 Å². The lowest BCUT2D eigenvalue weighted by atomic mass is 10.1. The Bertz CT molecular complexity index is 274. The lowest BCUT2D eigenvalue weighted by Crippen LogP contribution is -2.32. The number of amides is 1. The quantitative estimate of drug-likeness (QED) is 0.580. The van der Waals surface area contributed by atoms with Gasteiger partial charge in [-0.3, -0.25) is 14.4 Å². The first-order valence-electron chi connectivity index (χ1n) is 4.39. The third-order valence-electron chi connectivity index (χ3n) is 2.34. The summed E-state index contributed by atoms with van der Waals surface area (Å²) in [5.74, 6) is -0.879. The van der Waals surface area contributed by atoms with Gasteiger partial charge in [-0.15, -0.1) is 0 Å². The van der Waals surface area contributed by atoms with Crippen LogP contribution in [-0.2, 0) is 19.1 Å². The molecule has 1 amide bonds. The SMILES string of the molecule is COC(=O)CN1CC(C(C)=O)CC1=O. The van der Waals surface area contributed by atoms with Gasteiger partial charge in [-0.2, -0.15) is 0 Å². The third kappa shape index (κ3) is 2.31. The van der Waals surface area contributed by atoms with Gasteiger partial charge in [0.15, 0.2) is 0 Å². The topological polar surface area (TPSA) is 63.7 Å². The highest BCUT2D eigenvalue weighted by Crippen LogP contribution is 2.17. The van der Waals surface area contributed by atoms with Crippen LogP contribution in [0.2, 0.25) is 0 Å². The Balaban J connectivity index is 2.53. The first-order chi connectivity index (χ1) is 6.54. The summed E-state index contributed by atoms with van der Waals surface area (Å²) < 4.78 is 4.44. The number of ether oxygens (including phenoxy) is 1. The van der Waals surface area contributed by atoms with E-state index >= 15 is 0 Å². The van der Waals surface area contributed by atoms with Crippen molar-refractivity contribution in [1.29, 1.82) is 0 Å².